The second-order valence-corrected chi connectivity index (χ2v) is 5.97. The first kappa shape index (κ1) is 17.1. The van der Waals surface area contributed by atoms with E-state index in [0.29, 0.717) is 25.9 Å². The van der Waals surface area contributed by atoms with Crippen molar-refractivity contribution in [3.63, 3.8) is 0 Å². The van der Waals surface area contributed by atoms with Crippen LogP contribution in [0.3, 0.4) is 0 Å². The minimum absolute atomic E-state index is 0.0303. The first-order chi connectivity index (χ1) is 12.2. The Balaban J connectivity index is 1.63. The first-order valence-electron chi connectivity index (χ1n) is 8.31. The second kappa shape index (κ2) is 7.88. The van der Waals surface area contributed by atoms with E-state index < -0.39 is 0 Å². The number of hydrogen-bond acceptors (Lipinski definition) is 4. The van der Waals surface area contributed by atoms with Crippen molar-refractivity contribution in [2.75, 3.05) is 6.54 Å². The Kier molecular flexibility index (Phi) is 5.38. The molecule has 1 aliphatic rings. The highest BCUT2D eigenvalue weighted by Gasteiger charge is 2.26. The molecular weight excluding hydrogens is 321 g/mol. The van der Waals surface area contributed by atoms with Crippen molar-refractivity contribution in [1.29, 1.82) is 0 Å². The van der Waals surface area contributed by atoms with Crippen LogP contribution in [0.5, 0.6) is 0 Å². The van der Waals surface area contributed by atoms with Crippen LogP contribution in [0.4, 0.5) is 4.39 Å². The summed E-state index contributed by atoms with van der Waals surface area (Å²) < 4.78 is 13.1. The molecule has 0 N–H and O–H groups in total. The lowest BCUT2D eigenvalue weighted by Crippen LogP contribution is -2.36. The zero-order chi connectivity index (χ0) is 17.6. The molecule has 0 saturated heterocycles. The van der Waals surface area contributed by atoms with E-state index in [4.69, 9.17) is 4.84 Å². The summed E-state index contributed by atoms with van der Waals surface area (Å²) in [5.41, 5.74) is 2.65. The van der Waals surface area contributed by atoms with Crippen molar-refractivity contribution in [3.05, 3.63) is 65.7 Å². The maximum atomic E-state index is 13.1. The fourth-order valence-electron chi connectivity index (χ4n) is 2.76. The summed E-state index contributed by atoms with van der Waals surface area (Å²) in [7, 11) is 0. The molecule has 130 valence electrons. The molecule has 1 aliphatic heterocycles. The Labute approximate surface area is 146 Å². The lowest BCUT2D eigenvalue weighted by molar-refractivity contribution is -0.133. The third-order valence-electron chi connectivity index (χ3n) is 4.09. The van der Waals surface area contributed by atoms with Gasteiger partial charge in [0.15, 0.2) is 6.10 Å². The van der Waals surface area contributed by atoms with Gasteiger partial charge in [0.05, 0.1) is 12.3 Å². The molecule has 5 nitrogen and oxygen atoms in total. The van der Waals surface area contributed by atoms with Crippen LogP contribution in [0.25, 0.3) is 0 Å². The molecular formula is C19H20FN3O2. The van der Waals surface area contributed by atoms with Gasteiger partial charge >= 0.3 is 0 Å². The van der Waals surface area contributed by atoms with Crippen LogP contribution >= 0.6 is 0 Å². The molecule has 1 unspecified atom stereocenters. The summed E-state index contributed by atoms with van der Waals surface area (Å²) >= 11 is 0. The van der Waals surface area contributed by atoms with E-state index in [-0.39, 0.29) is 17.8 Å². The molecule has 1 aromatic heterocycles. The zero-order valence-electron chi connectivity index (χ0n) is 14.1. The Bertz CT molecular complexity index is 747. The first-order valence-corrected chi connectivity index (χ1v) is 8.31. The van der Waals surface area contributed by atoms with E-state index in [0.717, 1.165) is 16.8 Å². The Hall–Kier alpha value is -2.76. The molecule has 0 spiro atoms. The summed E-state index contributed by atoms with van der Waals surface area (Å²) in [6.45, 7) is 2.69. The van der Waals surface area contributed by atoms with Crippen LogP contribution in [0.2, 0.25) is 0 Å². The van der Waals surface area contributed by atoms with Crippen molar-refractivity contribution in [1.82, 2.24) is 9.88 Å². The number of halogens is 1. The minimum atomic E-state index is -0.286. The molecule has 2 aromatic rings. The van der Waals surface area contributed by atoms with E-state index >= 15 is 0 Å². The lowest BCUT2D eigenvalue weighted by Gasteiger charge is -2.24. The van der Waals surface area contributed by atoms with Crippen LogP contribution in [0, 0.1) is 5.82 Å². The topological polar surface area (TPSA) is 54.8 Å². The smallest absolute Gasteiger partial charge is 0.222 e. The predicted molar refractivity (Wildman–Crippen MR) is 92.4 cm³/mol. The molecule has 0 fully saturated rings. The fourth-order valence-corrected chi connectivity index (χ4v) is 2.76. The summed E-state index contributed by atoms with van der Waals surface area (Å²) in [6, 6.07) is 9.98. The van der Waals surface area contributed by atoms with E-state index in [9.17, 15) is 9.18 Å². The monoisotopic (exact) mass is 341 g/mol. The van der Waals surface area contributed by atoms with Crippen LogP contribution in [-0.4, -0.2) is 34.2 Å². The fraction of sp³-hybridized carbons (Fsp3) is 0.316. The number of amides is 1. The van der Waals surface area contributed by atoms with Gasteiger partial charge in [-0.05, 0) is 29.8 Å². The van der Waals surface area contributed by atoms with Gasteiger partial charge in [0, 0.05) is 37.3 Å². The van der Waals surface area contributed by atoms with Crippen molar-refractivity contribution in [2.24, 2.45) is 5.16 Å². The number of benzene rings is 1. The third-order valence-corrected chi connectivity index (χ3v) is 4.09. The summed E-state index contributed by atoms with van der Waals surface area (Å²) in [6.07, 6.45) is 4.30. The van der Waals surface area contributed by atoms with Gasteiger partial charge in [-0.1, -0.05) is 24.2 Å². The van der Waals surface area contributed by atoms with Gasteiger partial charge in [0.25, 0.3) is 0 Å². The third kappa shape index (κ3) is 4.41. The van der Waals surface area contributed by atoms with Gasteiger partial charge in [0.1, 0.15) is 5.82 Å². The number of pyridine rings is 1. The number of carbonyl (C=O) groups excluding carboxylic acids is 1. The number of aromatic nitrogens is 1. The minimum Gasteiger partial charge on any atom is -0.390 e. The Morgan fingerprint density at radius 2 is 2.12 bits per heavy atom. The molecule has 0 saturated carbocycles. The maximum absolute atomic E-state index is 13.1. The summed E-state index contributed by atoms with van der Waals surface area (Å²) in [5.74, 6) is -0.256. The molecule has 1 aromatic carbocycles. The lowest BCUT2D eigenvalue weighted by atomic mass is 10.1. The van der Waals surface area contributed by atoms with Crippen LogP contribution in [0.1, 0.15) is 30.9 Å². The summed E-state index contributed by atoms with van der Waals surface area (Å²) in [4.78, 5) is 23.6. The van der Waals surface area contributed by atoms with Crippen LogP contribution < -0.4 is 0 Å². The van der Waals surface area contributed by atoms with Gasteiger partial charge in [-0.15, -0.1) is 0 Å². The number of carbonyl (C=O) groups is 1. The van der Waals surface area contributed by atoms with Gasteiger partial charge in [0.2, 0.25) is 5.91 Å². The molecule has 1 amide bonds. The molecule has 0 aliphatic carbocycles. The second-order valence-electron chi connectivity index (χ2n) is 5.97. The summed E-state index contributed by atoms with van der Waals surface area (Å²) in [5, 5.41) is 4.13. The molecule has 25 heavy (non-hydrogen) atoms. The van der Waals surface area contributed by atoms with Gasteiger partial charge in [-0.3, -0.25) is 9.78 Å². The standard InChI is InChI=1S/C19H20FN3O2/c1-2-19(24)23(12-14-5-7-16(20)8-6-14)13-17-10-18(22-25-17)15-4-3-9-21-11-15/h3-9,11,17H,2,10,12-13H2,1H3. The average Bonchev–Trinajstić information content (AvgIpc) is 3.11. The maximum Gasteiger partial charge on any atom is 0.222 e. The number of nitrogens with zero attached hydrogens (tertiary/aromatic N) is 3. The molecule has 2 heterocycles. The largest absolute Gasteiger partial charge is 0.390 e. The molecule has 1 atom stereocenters. The van der Waals surface area contributed by atoms with Gasteiger partial charge in [-0.25, -0.2) is 4.39 Å². The molecule has 0 radical (unpaired) electrons. The number of rotatable bonds is 6. The van der Waals surface area contributed by atoms with Crippen molar-refractivity contribution < 1.29 is 14.0 Å². The van der Waals surface area contributed by atoms with E-state index in [1.54, 1.807) is 29.4 Å². The SMILES string of the molecule is CCC(=O)N(Cc1ccc(F)cc1)CC1CC(c2cccnc2)=NO1. The van der Waals surface area contributed by atoms with Crippen LogP contribution in [0.15, 0.2) is 53.9 Å². The quantitative estimate of drug-likeness (QED) is 0.811. The normalized spacial score (nSPS) is 16.2. The molecule has 6 heteroatoms. The molecule has 0 bridgehead atoms. The highest BCUT2D eigenvalue weighted by atomic mass is 19.1. The Morgan fingerprint density at radius 3 is 2.80 bits per heavy atom. The Morgan fingerprint density at radius 1 is 1.32 bits per heavy atom. The highest BCUT2D eigenvalue weighted by Crippen LogP contribution is 2.18. The van der Waals surface area contributed by atoms with Gasteiger partial charge in [-0.2, -0.15) is 0 Å². The van der Waals surface area contributed by atoms with Gasteiger partial charge < -0.3 is 9.74 Å². The molecule has 3 rings (SSSR count). The average molecular weight is 341 g/mol. The van der Waals surface area contributed by atoms with Crippen molar-refractivity contribution >= 4 is 11.6 Å². The van der Waals surface area contributed by atoms with Crippen molar-refractivity contribution in [3.8, 4) is 0 Å². The van der Waals surface area contributed by atoms with E-state index in [1.807, 2.05) is 19.1 Å². The zero-order valence-corrected chi connectivity index (χ0v) is 14.1. The van der Waals surface area contributed by atoms with Crippen molar-refractivity contribution in [2.45, 2.75) is 32.4 Å². The number of oxime groups is 1. The predicted octanol–water partition coefficient (Wildman–Crippen LogP) is 3.15. The van der Waals surface area contributed by atoms with E-state index in [2.05, 4.69) is 10.1 Å². The number of hydrogen-bond donors (Lipinski definition) is 0. The van der Waals surface area contributed by atoms with E-state index in [1.165, 1.54) is 12.1 Å². The highest BCUT2D eigenvalue weighted by molar-refractivity contribution is 6.01. The van der Waals surface area contributed by atoms with Crippen LogP contribution in [-0.2, 0) is 16.2 Å².